The molecule has 1 fully saturated rings. The van der Waals surface area contributed by atoms with E-state index in [1.165, 1.54) is 36.9 Å². The highest BCUT2D eigenvalue weighted by atomic mass is 15.2. The Balaban J connectivity index is 1.91. The van der Waals surface area contributed by atoms with Crippen LogP contribution in [0.3, 0.4) is 0 Å². The van der Waals surface area contributed by atoms with Crippen molar-refractivity contribution < 1.29 is 0 Å². The molecule has 2 aliphatic rings. The van der Waals surface area contributed by atoms with E-state index in [1.54, 1.807) is 0 Å². The molecule has 1 aromatic rings. The first kappa shape index (κ1) is 10.2. The average Bonchev–Trinajstić information content (AvgIpc) is 2.26. The van der Waals surface area contributed by atoms with E-state index >= 15 is 0 Å². The van der Waals surface area contributed by atoms with Crippen LogP contribution in [-0.4, -0.2) is 18.1 Å². The number of hydrogen-bond acceptors (Lipinski definition) is 2. The molecule has 3 rings (SSSR count). The fraction of sp³-hybridized carbons (Fsp3) is 0.571. The molecule has 0 radical (unpaired) electrons. The summed E-state index contributed by atoms with van der Waals surface area (Å²) in [6, 6.07) is 10.6. The van der Waals surface area contributed by atoms with Gasteiger partial charge in [-0.1, -0.05) is 18.2 Å². The summed E-state index contributed by atoms with van der Waals surface area (Å²) < 4.78 is 0. The Bertz CT molecular complexity index is 382. The highest BCUT2D eigenvalue weighted by molar-refractivity contribution is 5.57. The summed E-state index contributed by atoms with van der Waals surface area (Å²) in [5.74, 6) is 0. The van der Waals surface area contributed by atoms with Crippen molar-refractivity contribution >= 4 is 5.69 Å². The number of aryl methyl sites for hydroxylation is 1. The highest BCUT2D eigenvalue weighted by Gasteiger charge is 2.36. The maximum atomic E-state index is 5.91. The normalized spacial score (nSPS) is 33.1. The van der Waals surface area contributed by atoms with Gasteiger partial charge in [0.2, 0.25) is 0 Å². The quantitative estimate of drug-likeness (QED) is 0.780. The number of nitrogens with two attached hydrogens (primary N) is 1. The lowest BCUT2D eigenvalue weighted by Crippen LogP contribution is -2.55. The molecule has 2 nitrogen and oxygen atoms in total. The number of hydrogen-bond donors (Lipinski definition) is 1. The molecule has 0 saturated heterocycles. The Kier molecular flexibility index (Phi) is 2.40. The molecular formula is C14H20N2. The minimum atomic E-state index is 0.436. The van der Waals surface area contributed by atoms with E-state index in [0.717, 1.165) is 0 Å². The topological polar surface area (TPSA) is 29.3 Å². The smallest absolute Gasteiger partial charge is 0.0403 e. The third-order valence-corrected chi connectivity index (χ3v) is 4.12. The number of fused-ring (bicyclic) bond motifs is 1. The molecule has 1 aliphatic heterocycles. The first-order chi connectivity index (χ1) is 7.75. The van der Waals surface area contributed by atoms with Crippen LogP contribution in [0.5, 0.6) is 0 Å². The Morgan fingerprint density at radius 2 is 2.00 bits per heavy atom. The summed E-state index contributed by atoms with van der Waals surface area (Å²) in [4.78, 5) is 2.61. The first-order valence-electron chi connectivity index (χ1n) is 6.37. The van der Waals surface area contributed by atoms with Crippen LogP contribution in [0.4, 0.5) is 5.69 Å². The van der Waals surface area contributed by atoms with E-state index in [2.05, 4.69) is 36.1 Å². The number of anilines is 1. The summed E-state index contributed by atoms with van der Waals surface area (Å²) >= 11 is 0. The predicted molar refractivity (Wildman–Crippen MR) is 67.7 cm³/mol. The molecule has 1 unspecified atom stereocenters. The molecular weight excluding hydrogens is 196 g/mol. The minimum absolute atomic E-state index is 0.436. The van der Waals surface area contributed by atoms with Crippen molar-refractivity contribution in [2.45, 2.75) is 50.7 Å². The maximum Gasteiger partial charge on any atom is 0.0403 e. The van der Waals surface area contributed by atoms with Gasteiger partial charge < -0.3 is 10.6 Å². The van der Waals surface area contributed by atoms with Crippen LogP contribution in [0.25, 0.3) is 0 Å². The van der Waals surface area contributed by atoms with E-state index in [0.29, 0.717) is 18.1 Å². The monoisotopic (exact) mass is 216 g/mol. The van der Waals surface area contributed by atoms with Crippen molar-refractivity contribution in [3.63, 3.8) is 0 Å². The minimum Gasteiger partial charge on any atom is -0.365 e. The summed E-state index contributed by atoms with van der Waals surface area (Å²) in [6.45, 7) is 2.35. The van der Waals surface area contributed by atoms with Crippen LogP contribution in [0, 0.1) is 0 Å². The number of benzene rings is 1. The van der Waals surface area contributed by atoms with Crippen LogP contribution in [0.1, 0.15) is 31.7 Å². The van der Waals surface area contributed by atoms with Crippen LogP contribution in [-0.2, 0) is 6.42 Å². The van der Waals surface area contributed by atoms with Gasteiger partial charge in [0.15, 0.2) is 0 Å². The molecule has 1 atom stereocenters. The van der Waals surface area contributed by atoms with E-state index in [9.17, 15) is 0 Å². The SMILES string of the molecule is CC1CCc2ccccc2N1C1CC(N)C1. The van der Waals surface area contributed by atoms with E-state index in [4.69, 9.17) is 5.73 Å². The van der Waals surface area contributed by atoms with Gasteiger partial charge in [-0.2, -0.15) is 0 Å². The van der Waals surface area contributed by atoms with Crippen molar-refractivity contribution in [3.8, 4) is 0 Å². The van der Waals surface area contributed by atoms with Gasteiger partial charge in [0, 0.05) is 23.8 Å². The van der Waals surface area contributed by atoms with Gasteiger partial charge in [0.05, 0.1) is 0 Å². The van der Waals surface area contributed by atoms with Crippen molar-refractivity contribution in [2.75, 3.05) is 4.90 Å². The third-order valence-electron chi connectivity index (χ3n) is 4.12. The highest BCUT2D eigenvalue weighted by Crippen LogP contribution is 2.37. The second-order valence-corrected chi connectivity index (χ2v) is 5.31. The largest absolute Gasteiger partial charge is 0.365 e. The molecule has 1 aromatic carbocycles. The van der Waals surface area contributed by atoms with Gasteiger partial charge in [0.25, 0.3) is 0 Å². The van der Waals surface area contributed by atoms with E-state index in [1.807, 2.05) is 0 Å². The molecule has 2 N–H and O–H groups in total. The zero-order chi connectivity index (χ0) is 11.1. The summed E-state index contributed by atoms with van der Waals surface area (Å²) in [5.41, 5.74) is 8.89. The first-order valence-corrected chi connectivity index (χ1v) is 6.37. The maximum absolute atomic E-state index is 5.91. The fourth-order valence-corrected chi connectivity index (χ4v) is 3.13. The molecule has 1 aliphatic carbocycles. The predicted octanol–water partition coefficient (Wildman–Crippen LogP) is 2.32. The molecule has 16 heavy (non-hydrogen) atoms. The second-order valence-electron chi connectivity index (χ2n) is 5.31. The van der Waals surface area contributed by atoms with Crippen LogP contribution >= 0.6 is 0 Å². The van der Waals surface area contributed by atoms with Gasteiger partial charge >= 0.3 is 0 Å². The standard InChI is InChI=1S/C14H20N2/c1-10-6-7-11-4-2-3-5-14(11)16(10)13-8-12(15)9-13/h2-5,10,12-13H,6-9,15H2,1H3. The third kappa shape index (κ3) is 1.52. The zero-order valence-electron chi connectivity index (χ0n) is 9.89. The van der Waals surface area contributed by atoms with Gasteiger partial charge in [0.1, 0.15) is 0 Å². The lowest BCUT2D eigenvalue weighted by molar-refractivity contribution is 0.305. The van der Waals surface area contributed by atoms with Crippen LogP contribution in [0.2, 0.25) is 0 Å². The van der Waals surface area contributed by atoms with Gasteiger partial charge in [-0.3, -0.25) is 0 Å². The Morgan fingerprint density at radius 1 is 1.25 bits per heavy atom. The summed E-state index contributed by atoms with van der Waals surface area (Å²) in [7, 11) is 0. The fourth-order valence-electron chi connectivity index (χ4n) is 3.13. The molecule has 86 valence electrons. The molecule has 0 aromatic heterocycles. The molecule has 1 saturated carbocycles. The number of para-hydroxylation sites is 1. The van der Waals surface area contributed by atoms with Crippen LogP contribution < -0.4 is 10.6 Å². The van der Waals surface area contributed by atoms with Crippen molar-refractivity contribution in [1.82, 2.24) is 0 Å². The average molecular weight is 216 g/mol. The van der Waals surface area contributed by atoms with E-state index in [-0.39, 0.29) is 0 Å². The number of nitrogens with zero attached hydrogens (tertiary/aromatic N) is 1. The van der Waals surface area contributed by atoms with Gasteiger partial charge in [-0.25, -0.2) is 0 Å². The summed E-state index contributed by atoms with van der Waals surface area (Å²) in [6.07, 6.45) is 4.84. The number of rotatable bonds is 1. The molecule has 0 amide bonds. The summed E-state index contributed by atoms with van der Waals surface area (Å²) in [5, 5.41) is 0. The lowest BCUT2D eigenvalue weighted by Gasteiger charge is -2.48. The van der Waals surface area contributed by atoms with Gasteiger partial charge in [-0.15, -0.1) is 0 Å². The van der Waals surface area contributed by atoms with Crippen molar-refractivity contribution in [1.29, 1.82) is 0 Å². The second kappa shape index (κ2) is 3.77. The lowest BCUT2D eigenvalue weighted by atomic mass is 9.83. The Morgan fingerprint density at radius 3 is 2.75 bits per heavy atom. The van der Waals surface area contributed by atoms with Crippen LogP contribution in [0.15, 0.2) is 24.3 Å². The van der Waals surface area contributed by atoms with Crippen molar-refractivity contribution in [2.24, 2.45) is 5.73 Å². The molecule has 0 spiro atoms. The Labute approximate surface area is 97.4 Å². The molecule has 1 heterocycles. The van der Waals surface area contributed by atoms with E-state index < -0.39 is 0 Å². The zero-order valence-corrected chi connectivity index (χ0v) is 9.89. The van der Waals surface area contributed by atoms with Gasteiger partial charge in [-0.05, 0) is 44.2 Å². The molecule has 0 bridgehead atoms. The molecule has 2 heteroatoms. The Hall–Kier alpha value is -1.02. The van der Waals surface area contributed by atoms with Crippen molar-refractivity contribution in [3.05, 3.63) is 29.8 Å².